The van der Waals surface area contributed by atoms with Crippen molar-refractivity contribution in [2.45, 2.75) is 19.4 Å². The quantitative estimate of drug-likeness (QED) is 0.321. The first-order valence-electron chi connectivity index (χ1n) is 7.09. The molecule has 0 aromatic carbocycles. The molecule has 9 heteroatoms. The van der Waals surface area contributed by atoms with E-state index >= 15 is 0 Å². The van der Waals surface area contributed by atoms with Crippen LogP contribution >= 0.6 is 46.9 Å². The van der Waals surface area contributed by atoms with E-state index < -0.39 is 6.10 Å². The van der Waals surface area contributed by atoms with Crippen molar-refractivity contribution in [3.8, 4) is 0 Å². The third-order valence-electron chi connectivity index (χ3n) is 2.82. The van der Waals surface area contributed by atoms with E-state index in [1.54, 1.807) is 31.1 Å². The molecule has 132 valence electrons. The van der Waals surface area contributed by atoms with E-state index in [-0.39, 0.29) is 36.4 Å². The van der Waals surface area contributed by atoms with E-state index in [1.165, 1.54) is 11.3 Å². The van der Waals surface area contributed by atoms with Crippen LogP contribution in [0.5, 0.6) is 0 Å². The second kappa shape index (κ2) is 11.9. The van der Waals surface area contributed by atoms with Crippen LogP contribution in [0.2, 0.25) is 4.34 Å². The summed E-state index contributed by atoms with van der Waals surface area (Å²) in [4.78, 5) is 18.2. The molecule has 0 aliphatic rings. The summed E-state index contributed by atoms with van der Waals surface area (Å²) < 4.78 is 0.644. The summed E-state index contributed by atoms with van der Waals surface area (Å²) in [7, 11) is 3.45. The fourth-order valence-electron chi connectivity index (χ4n) is 1.63. The molecule has 1 aromatic heterocycles. The average molecular weight is 475 g/mol. The van der Waals surface area contributed by atoms with Crippen LogP contribution in [0.1, 0.15) is 24.3 Å². The molecular weight excluding hydrogens is 451 g/mol. The van der Waals surface area contributed by atoms with Crippen molar-refractivity contribution < 1.29 is 9.90 Å². The molecule has 0 radical (unpaired) electrons. The Morgan fingerprint density at radius 3 is 2.65 bits per heavy atom. The molecule has 0 saturated carbocycles. The summed E-state index contributed by atoms with van der Waals surface area (Å²) in [6, 6.07) is 3.55. The van der Waals surface area contributed by atoms with E-state index in [2.05, 4.69) is 15.6 Å². The predicted molar refractivity (Wildman–Crippen MR) is 107 cm³/mol. The molecule has 23 heavy (non-hydrogen) atoms. The van der Waals surface area contributed by atoms with Gasteiger partial charge in [-0.1, -0.05) is 11.6 Å². The van der Waals surface area contributed by atoms with Crippen LogP contribution in [0, 0.1) is 0 Å². The molecule has 0 fully saturated rings. The van der Waals surface area contributed by atoms with Crippen LogP contribution in [0.25, 0.3) is 0 Å². The van der Waals surface area contributed by atoms with Crippen molar-refractivity contribution in [1.29, 1.82) is 0 Å². The number of hydrogen-bond donors (Lipinski definition) is 3. The number of amides is 1. The molecule has 0 spiro atoms. The van der Waals surface area contributed by atoms with Gasteiger partial charge in [-0.2, -0.15) is 0 Å². The van der Waals surface area contributed by atoms with Gasteiger partial charge in [0.15, 0.2) is 5.96 Å². The number of hydrogen-bond acceptors (Lipinski definition) is 4. The first kappa shape index (κ1) is 22.4. The Morgan fingerprint density at radius 1 is 1.43 bits per heavy atom. The number of rotatable bonds is 7. The van der Waals surface area contributed by atoms with Gasteiger partial charge in [0.1, 0.15) is 6.10 Å². The van der Waals surface area contributed by atoms with Gasteiger partial charge in [0.05, 0.1) is 10.9 Å². The highest BCUT2D eigenvalue weighted by Crippen LogP contribution is 2.26. The van der Waals surface area contributed by atoms with Crippen LogP contribution in [0.15, 0.2) is 17.1 Å². The summed E-state index contributed by atoms with van der Waals surface area (Å²) >= 11 is 7.19. The van der Waals surface area contributed by atoms with Crippen LogP contribution in [0.3, 0.4) is 0 Å². The molecule has 0 saturated heterocycles. The molecule has 0 aliphatic heterocycles. The molecular formula is C14H24ClIN4O2S. The number of carbonyl (C=O) groups excluding carboxylic acids is 1. The van der Waals surface area contributed by atoms with Gasteiger partial charge in [-0.3, -0.25) is 9.79 Å². The van der Waals surface area contributed by atoms with E-state index in [9.17, 15) is 9.90 Å². The normalized spacial score (nSPS) is 12.3. The molecule has 1 atom stereocenters. The Bertz CT molecular complexity index is 511. The Balaban J connectivity index is 0.00000484. The predicted octanol–water partition coefficient (Wildman–Crippen LogP) is 2.09. The van der Waals surface area contributed by atoms with Gasteiger partial charge in [-0.05, 0) is 19.1 Å². The molecule has 1 aromatic rings. The highest BCUT2D eigenvalue weighted by molar-refractivity contribution is 14.0. The molecule has 1 heterocycles. The maximum Gasteiger partial charge on any atom is 0.223 e. The van der Waals surface area contributed by atoms with E-state index in [0.717, 1.165) is 4.88 Å². The Labute approximate surface area is 163 Å². The lowest BCUT2D eigenvalue weighted by atomic mass is 10.3. The molecule has 6 nitrogen and oxygen atoms in total. The van der Waals surface area contributed by atoms with Gasteiger partial charge >= 0.3 is 0 Å². The number of guanidine groups is 1. The summed E-state index contributed by atoms with van der Waals surface area (Å²) in [5.41, 5.74) is 0. The van der Waals surface area contributed by atoms with Gasteiger partial charge in [0.25, 0.3) is 0 Å². The van der Waals surface area contributed by atoms with Gasteiger partial charge in [-0.15, -0.1) is 35.3 Å². The average Bonchev–Trinajstić information content (AvgIpc) is 2.90. The Morgan fingerprint density at radius 2 is 2.13 bits per heavy atom. The highest BCUT2D eigenvalue weighted by atomic mass is 127. The topological polar surface area (TPSA) is 77.0 Å². The van der Waals surface area contributed by atoms with Gasteiger partial charge in [-0.25, -0.2) is 0 Å². The number of nitrogens with zero attached hydrogens (tertiary/aromatic N) is 2. The Kier molecular flexibility index (Phi) is 11.6. The van der Waals surface area contributed by atoms with Crippen molar-refractivity contribution in [3.05, 3.63) is 21.3 Å². The van der Waals surface area contributed by atoms with Gasteiger partial charge in [0.2, 0.25) is 5.91 Å². The second-order valence-electron chi connectivity index (χ2n) is 4.84. The van der Waals surface area contributed by atoms with Crippen molar-refractivity contribution >= 4 is 58.8 Å². The molecule has 1 unspecified atom stereocenters. The lowest BCUT2D eigenvalue weighted by Gasteiger charge is -2.14. The summed E-state index contributed by atoms with van der Waals surface area (Å²) in [5, 5.41) is 16.2. The largest absolute Gasteiger partial charge is 0.386 e. The SMILES string of the molecule is CCNC(=NCC(O)c1ccc(Cl)s1)NCCC(=O)N(C)C.I. The fraction of sp³-hybridized carbons (Fsp3) is 0.571. The molecule has 1 amide bonds. The van der Waals surface area contributed by atoms with Crippen molar-refractivity contribution in [2.24, 2.45) is 4.99 Å². The van der Waals surface area contributed by atoms with Crippen LogP contribution in [-0.4, -0.2) is 55.6 Å². The van der Waals surface area contributed by atoms with Crippen LogP contribution in [-0.2, 0) is 4.79 Å². The van der Waals surface area contributed by atoms with Crippen molar-refractivity contribution in [1.82, 2.24) is 15.5 Å². The number of carbonyl (C=O) groups is 1. The summed E-state index contributed by atoms with van der Waals surface area (Å²) in [5.74, 6) is 0.632. The third kappa shape index (κ3) is 8.73. The van der Waals surface area contributed by atoms with Crippen LogP contribution < -0.4 is 10.6 Å². The standard InChI is InChI=1S/C14H23ClN4O2S.HI/c1-4-16-14(17-8-7-13(21)19(2)3)18-9-10(20)11-5-6-12(15)22-11;/h5-6,10,20H,4,7-9H2,1-3H3,(H2,16,17,18);1H. The first-order chi connectivity index (χ1) is 10.4. The number of aliphatic hydroxyl groups is 1. The van der Waals surface area contributed by atoms with Crippen molar-refractivity contribution in [2.75, 3.05) is 33.7 Å². The summed E-state index contributed by atoms with van der Waals surface area (Å²) in [6.07, 6.45) is -0.295. The third-order valence-corrected chi connectivity index (χ3v) is 4.15. The summed E-state index contributed by atoms with van der Waals surface area (Å²) in [6.45, 7) is 3.38. The molecule has 0 bridgehead atoms. The Hall–Kier alpha value is -0.580. The van der Waals surface area contributed by atoms with E-state index in [1.807, 2.05) is 6.92 Å². The lowest BCUT2D eigenvalue weighted by Crippen LogP contribution is -2.39. The number of halogens is 2. The van der Waals surface area contributed by atoms with E-state index in [4.69, 9.17) is 11.6 Å². The zero-order chi connectivity index (χ0) is 16.5. The number of thiophene rings is 1. The van der Waals surface area contributed by atoms with Crippen LogP contribution in [0.4, 0.5) is 0 Å². The molecule has 3 N–H and O–H groups in total. The fourth-order valence-corrected chi connectivity index (χ4v) is 2.67. The zero-order valence-corrected chi connectivity index (χ0v) is 17.4. The highest BCUT2D eigenvalue weighted by Gasteiger charge is 2.10. The van der Waals surface area contributed by atoms with E-state index in [0.29, 0.717) is 29.8 Å². The monoisotopic (exact) mass is 474 g/mol. The number of aliphatic imine (C=N–C) groups is 1. The van der Waals surface area contributed by atoms with Gasteiger partial charge < -0.3 is 20.6 Å². The zero-order valence-electron chi connectivity index (χ0n) is 13.5. The molecule has 0 aliphatic carbocycles. The number of nitrogens with one attached hydrogen (secondary N) is 2. The minimum Gasteiger partial charge on any atom is -0.386 e. The van der Waals surface area contributed by atoms with Crippen molar-refractivity contribution in [3.63, 3.8) is 0 Å². The minimum absolute atomic E-state index is 0. The molecule has 1 rings (SSSR count). The van der Waals surface area contributed by atoms with Gasteiger partial charge in [0, 0.05) is 38.5 Å². The maximum atomic E-state index is 11.5. The minimum atomic E-state index is -0.684. The lowest BCUT2D eigenvalue weighted by molar-refractivity contribution is -0.128. The first-order valence-corrected chi connectivity index (χ1v) is 8.29. The maximum absolute atomic E-state index is 11.5. The second-order valence-corrected chi connectivity index (χ2v) is 6.59. The smallest absolute Gasteiger partial charge is 0.223 e. The number of aliphatic hydroxyl groups excluding tert-OH is 1.